The minimum Gasteiger partial charge on any atom is -0.381 e. The summed E-state index contributed by atoms with van der Waals surface area (Å²) in [6.45, 7) is 1.51. The summed E-state index contributed by atoms with van der Waals surface area (Å²) in [4.78, 5) is 17.2. The highest BCUT2D eigenvalue weighted by Gasteiger charge is 2.19. The summed E-state index contributed by atoms with van der Waals surface area (Å²) in [5.41, 5.74) is 3.72. The van der Waals surface area contributed by atoms with Crippen LogP contribution in [0.15, 0.2) is 72.9 Å². The van der Waals surface area contributed by atoms with Gasteiger partial charge in [-0.25, -0.2) is 4.98 Å². The molecule has 1 amide bonds. The van der Waals surface area contributed by atoms with E-state index < -0.39 is 0 Å². The van der Waals surface area contributed by atoms with Gasteiger partial charge in [-0.1, -0.05) is 42.5 Å². The van der Waals surface area contributed by atoms with Crippen molar-refractivity contribution in [1.82, 2.24) is 4.98 Å². The predicted octanol–water partition coefficient (Wildman–Crippen LogP) is 4.50. The lowest BCUT2D eigenvalue weighted by atomic mass is 9.96. The van der Waals surface area contributed by atoms with Crippen molar-refractivity contribution in [2.75, 3.05) is 18.5 Å². The molecule has 26 heavy (non-hydrogen) atoms. The van der Waals surface area contributed by atoms with Gasteiger partial charge in [-0.2, -0.15) is 0 Å². The maximum absolute atomic E-state index is 12.8. The Morgan fingerprint density at radius 2 is 1.92 bits per heavy atom. The fourth-order valence-electron chi connectivity index (χ4n) is 3.27. The third-order valence-electron chi connectivity index (χ3n) is 4.67. The normalized spacial score (nSPS) is 16.4. The monoisotopic (exact) mass is 344 g/mol. The van der Waals surface area contributed by atoms with Crippen molar-refractivity contribution in [1.29, 1.82) is 0 Å². The predicted molar refractivity (Wildman–Crippen MR) is 102 cm³/mol. The largest absolute Gasteiger partial charge is 0.381 e. The lowest BCUT2D eigenvalue weighted by molar-refractivity contribution is 0.102. The standard InChI is InChI=1S/C22H20N2O2/c25-22(18-9-4-8-17(14-18)19-11-13-26-15-19)24-21-20(10-5-12-23-21)16-6-2-1-3-7-16/h1-10,12,14,19H,11,13,15H2,(H,23,24,25)/t19-/m1/s1. The molecule has 1 saturated heterocycles. The van der Waals surface area contributed by atoms with E-state index in [0.717, 1.165) is 36.3 Å². The van der Waals surface area contributed by atoms with Crippen molar-refractivity contribution < 1.29 is 9.53 Å². The van der Waals surface area contributed by atoms with Crippen molar-refractivity contribution in [2.24, 2.45) is 0 Å². The van der Waals surface area contributed by atoms with Gasteiger partial charge in [0.05, 0.1) is 6.61 Å². The van der Waals surface area contributed by atoms with E-state index in [9.17, 15) is 4.79 Å². The molecule has 2 aromatic carbocycles. The van der Waals surface area contributed by atoms with Crippen molar-refractivity contribution >= 4 is 11.7 Å². The smallest absolute Gasteiger partial charge is 0.256 e. The Hall–Kier alpha value is -2.98. The number of nitrogens with zero attached hydrogens (tertiary/aromatic N) is 1. The highest BCUT2D eigenvalue weighted by Crippen LogP contribution is 2.28. The number of hydrogen-bond acceptors (Lipinski definition) is 3. The van der Waals surface area contributed by atoms with Gasteiger partial charge in [0.25, 0.3) is 5.91 Å². The zero-order chi connectivity index (χ0) is 17.8. The molecule has 1 aliphatic rings. The lowest BCUT2D eigenvalue weighted by Gasteiger charge is -2.12. The molecular weight excluding hydrogens is 324 g/mol. The third kappa shape index (κ3) is 3.51. The average Bonchev–Trinajstić information content (AvgIpc) is 3.24. The Bertz CT molecular complexity index is 903. The first-order valence-electron chi connectivity index (χ1n) is 8.81. The van der Waals surface area contributed by atoms with Gasteiger partial charge in [-0.05, 0) is 41.8 Å². The Morgan fingerprint density at radius 3 is 2.73 bits per heavy atom. The number of rotatable bonds is 4. The molecule has 1 atom stereocenters. The molecule has 0 saturated carbocycles. The lowest BCUT2D eigenvalue weighted by Crippen LogP contribution is -2.14. The molecule has 0 bridgehead atoms. The molecule has 0 unspecified atom stereocenters. The van der Waals surface area contributed by atoms with Crippen molar-refractivity contribution in [3.05, 3.63) is 84.1 Å². The van der Waals surface area contributed by atoms with E-state index in [2.05, 4.69) is 16.4 Å². The number of ether oxygens (including phenoxy) is 1. The number of carbonyl (C=O) groups excluding carboxylic acids is 1. The second kappa shape index (κ2) is 7.50. The van der Waals surface area contributed by atoms with Crippen molar-refractivity contribution in [3.8, 4) is 11.1 Å². The van der Waals surface area contributed by atoms with E-state index in [1.165, 1.54) is 0 Å². The van der Waals surface area contributed by atoms with E-state index in [4.69, 9.17) is 4.74 Å². The molecule has 130 valence electrons. The Morgan fingerprint density at radius 1 is 1.04 bits per heavy atom. The maximum atomic E-state index is 12.8. The zero-order valence-electron chi connectivity index (χ0n) is 14.4. The second-order valence-electron chi connectivity index (χ2n) is 6.41. The molecule has 0 spiro atoms. The van der Waals surface area contributed by atoms with Crippen molar-refractivity contribution in [3.63, 3.8) is 0 Å². The number of hydrogen-bond donors (Lipinski definition) is 1. The van der Waals surface area contributed by atoms with Crippen LogP contribution in [-0.4, -0.2) is 24.1 Å². The average molecular weight is 344 g/mol. The van der Waals surface area contributed by atoms with Crippen LogP contribution >= 0.6 is 0 Å². The Kier molecular flexibility index (Phi) is 4.75. The van der Waals surface area contributed by atoms with Crippen LogP contribution in [-0.2, 0) is 4.74 Å². The van der Waals surface area contributed by atoms with Crippen LogP contribution in [0.3, 0.4) is 0 Å². The van der Waals surface area contributed by atoms with E-state index in [0.29, 0.717) is 17.3 Å². The maximum Gasteiger partial charge on any atom is 0.256 e. The van der Waals surface area contributed by atoms with Gasteiger partial charge in [0, 0.05) is 29.8 Å². The first-order valence-corrected chi connectivity index (χ1v) is 8.81. The fourth-order valence-corrected chi connectivity index (χ4v) is 3.27. The van der Waals surface area contributed by atoms with E-state index in [1.807, 2.05) is 60.7 Å². The summed E-state index contributed by atoms with van der Waals surface area (Å²) in [6, 6.07) is 21.5. The summed E-state index contributed by atoms with van der Waals surface area (Å²) in [5, 5.41) is 2.96. The third-order valence-corrected chi connectivity index (χ3v) is 4.67. The first kappa shape index (κ1) is 16.5. The van der Waals surface area contributed by atoms with Crippen LogP contribution in [0.4, 0.5) is 5.82 Å². The molecular formula is C22H20N2O2. The molecule has 1 aliphatic heterocycles. The van der Waals surface area contributed by atoms with Gasteiger partial charge in [0.1, 0.15) is 5.82 Å². The number of nitrogens with one attached hydrogen (secondary N) is 1. The van der Waals surface area contributed by atoms with Gasteiger partial charge in [0.2, 0.25) is 0 Å². The zero-order valence-corrected chi connectivity index (χ0v) is 14.4. The summed E-state index contributed by atoms with van der Waals surface area (Å²) in [5.74, 6) is 0.789. The molecule has 0 radical (unpaired) electrons. The van der Waals surface area contributed by atoms with Gasteiger partial charge < -0.3 is 10.1 Å². The van der Waals surface area contributed by atoms with E-state index in [-0.39, 0.29) is 5.91 Å². The van der Waals surface area contributed by atoms with Crippen LogP contribution in [0.1, 0.15) is 28.3 Å². The molecule has 3 aromatic rings. The van der Waals surface area contributed by atoms with Gasteiger partial charge in [-0.3, -0.25) is 4.79 Å². The highest BCUT2D eigenvalue weighted by atomic mass is 16.5. The topological polar surface area (TPSA) is 51.2 Å². The fraction of sp³-hybridized carbons (Fsp3) is 0.182. The number of carbonyl (C=O) groups is 1. The minimum atomic E-state index is -0.151. The molecule has 1 N–H and O–H groups in total. The van der Waals surface area contributed by atoms with Crippen LogP contribution in [0.2, 0.25) is 0 Å². The molecule has 1 aromatic heterocycles. The molecule has 4 nitrogen and oxygen atoms in total. The summed E-state index contributed by atoms with van der Waals surface area (Å²) in [6.07, 6.45) is 2.69. The molecule has 4 rings (SSSR count). The molecule has 0 aliphatic carbocycles. The second-order valence-corrected chi connectivity index (χ2v) is 6.41. The first-order chi connectivity index (χ1) is 12.8. The molecule has 2 heterocycles. The highest BCUT2D eigenvalue weighted by molar-refractivity contribution is 6.05. The van der Waals surface area contributed by atoms with Crippen LogP contribution in [0.25, 0.3) is 11.1 Å². The van der Waals surface area contributed by atoms with E-state index >= 15 is 0 Å². The number of anilines is 1. The van der Waals surface area contributed by atoms with Gasteiger partial charge >= 0.3 is 0 Å². The number of pyridine rings is 1. The van der Waals surface area contributed by atoms with E-state index in [1.54, 1.807) is 6.20 Å². The number of amides is 1. The Balaban J connectivity index is 1.59. The van der Waals surface area contributed by atoms with Crippen LogP contribution < -0.4 is 5.32 Å². The summed E-state index contributed by atoms with van der Waals surface area (Å²) in [7, 11) is 0. The minimum absolute atomic E-state index is 0.151. The number of benzene rings is 2. The molecule has 4 heteroatoms. The SMILES string of the molecule is O=C(Nc1ncccc1-c1ccccc1)c1cccc([C@@H]2CCOC2)c1. The molecule has 1 fully saturated rings. The quantitative estimate of drug-likeness (QED) is 0.758. The van der Waals surface area contributed by atoms with Gasteiger partial charge in [0.15, 0.2) is 0 Å². The van der Waals surface area contributed by atoms with Gasteiger partial charge in [-0.15, -0.1) is 0 Å². The summed E-state index contributed by atoms with van der Waals surface area (Å²) >= 11 is 0. The summed E-state index contributed by atoms with van der Waals surface area (Å²) < 4.78 is 5.46. The van der Waals surface area contributed by atoms with Crippen LogP contribution in [0.5, 0.6) is 0 Å². The van der Waals surface area contributed by atoms with Crippen LogP contribution in [0, 0.1) is 0 Å². The van der Waals surface area contributed by atoms with Crippen molar-refractivity contribution in [2.45, 2.75) is 12.3 Å². The Labute approximate surface area is 152 Å². The number of aromatic nitrogens is 1.